The minimum absolute atomic E-state index is 0.114. The molecule has 0 saturated carbocycles. The molecule has 0 heterocycles. The second-order valence-corrected chi connectivity index (χ2v) is 6.67. The van der Waals surface area contributed by atoms with E-state index in [0.717, 1.165) is 32.5 Å². The Bertz CT molecular complexity index is 231. The molecule has 120 valence electrons. The smallest absolute Gasteiger partial charge is 0.133 e. The van der Waals surface area contributed by atoms with Crippen molar-refractivity contribution in [2.24, 2.45) is 5.41 Å². The van der Waals surface area contributed by atoms with E-state index in [1.54, 1.807) is 0 Å². The Balaban J connectivity index is 3.19. The molecule has 0 aliphatic rings. The highest BCUT2D eigenvalue weighted by atomic mass is 16.5. The molecule has 0 unspecified atom stereocenters. The van der Waals surface area contributed by atoms with E-state index < -0.39 is 0 Å². The van der Waals surface area contributed by atoms with Crippen LogP contribution in [0, 0.1) is 5.41 Å². The monoisotopic (exact) mass is 286 g/mol. The number of carbonyl (C=O) groups excluding carboxylic acids is 1. The number of carbonyl (C=O) groups is 1. The quantitative estimate of drug-likeness (QED) is 0.471. The third kappa shape index (κ3) is 15.6. The molecule has 0 aromatic carbocycles. The van der Waals surface area contributed by atoms with Gasteiger partial charge in [0.05, 0.1) is 13.2 Å². The number of hydrogen-bond donors (Lipinski definition) is 0. The lowest BCUT2D eigenvalue weighted by Crippen LogP contribution is -2.13. The van der Waals surface area contributed by atoms with Crippen LogP contribution in [0.4, 0.5) is 0 Å². The van der Waals surface area contributed by atoms with Gasteiger partial charge in [0.2, 0.25) is 0 Å². The van der Waals surface area contributed by atoms with Gasteiger partial charge in [-0.25, -0.2) is 0 Å². The minimum Gasteiger partial charge on any atom is -0.379 e. The van der Waals surface area contributed by atoms with Gasteiger partial charge >= 0.3 is 0 Å². The lowest BCUT2D eigenvalue weighted by atomic mass is 9.88. The Morgan fingerprint density at radius 3 is 1.90 bits per heavy atom. The first-order valence-electron chi connectivity index (χ1n) is 8.13. The highest BCUT2D eigenvalue weighted by Gasteiger charge is 2.15. The Morgan fingerprint density at radius 2 is 1.40 bits per heavy atom. The zero-order valence-corrected chi connectivity index (χ0v) is 14.0. The fraction of sp³-hybridized carbons (Fsp3) is 0.941. The molecule has 0 aromatic rings. The van der Waals surface area contributed by atoms with Crippen molar-refractivity contribution >= 4 is 5.78 Å². The molecule has 0 rings (SSSR count). The molecule has 20 heavy (non-hydrogen) atoms. The number of hydrogen-bond acceptors (Lipinski definition) is 3. The van der Waals surface area contributed by atoms with Gasteiger partial charge in [-0.1, -0.05) is 40.5 Å². The van der Waals surface area contributed by atoms with Crippen LogP contribution in [0.15, 0.2) is 0 Å². The van der Waals surface area contributed by atoms with Crippen LogP contribution in [0.3, 0.4) is 0 Å². The predicted molar refractivity (Wildman–Crippen MR) is 84.1 cm³/mol. The summed E-state index contributed by atoms with van der Waals surface area (Å²) in [5.41, 5.74) is 0.114. The molecular formula is C17H34O3. The maximum atomic E-state index is 11.7. The van der Waals surface area contributed by atoms with Gasteiger partial charge in [0.25, 0.3) is 0 Å². The Kier molecular flexibility index (Phi) is 12.1. The fourth-order valence-electron chi connectivity index (χ4n) is 1.98. The third-order valence-electron chi connectivity index (χ3n) is 2.99. The normalized spacial score (nSPS) is 11.8. The van der Waals surface area contributed by atoms with Crippen molar-refractivity contribution in [1.29, 1.82) is 0 Å². The fourth-order valence-corrected chi connectivity index (χ4v) is 1.98. The molecule has 3 nitrogen and oxygen atoms in total. The number of Topliss-reactive ketones (excluding diaryl/α,β-unsaturated/α-hetero) is 1. The first-order chi connectivity index (χ1) is 9.45. The second-order valence-electron chi connectivity index (χ2n) is 6.67. The van der Waals surface area contributed by atoms with Crippen LogP contribution in [0.2, 0.25) is 0 Å². The average molecular weight is 286 g/mol. The Hall–Kier alpha value is -0.410. The summed E-state index contributed by atoms with van der Waals surface area (Å²) in [4.78, 5) is 11.7. The van der Waals surface area contributed by atoms with Crippen LogP contribution in [-0.4, -0.2) is 32.2 Å². The van der Waals surface area contributed by atoms with E-state index in [1.165, 1.54) is 12.8 Å². The number of unbranched alkanes of at least 4 members (excludes halogenated alkanes) is 3. The summed E-state index contributed by atoms with van der Waals surface area (Å²) in [6.45, 7) is 11.4. The van der Waals surface area contributed by atoms with Crippen LogP contribution in [0.5, 0.6) is 0 Å². The molecule has 0 spiro atoms. The molecule has 0 aliphatic carbocycles. The third-order valence-corrected chi connectivity index (χ3v) is 2.99. The van der Waals surface area contributed by atoms with Gasteiger partial charge in [0.1, 0.15) is 5.78 Å². The summed E-state index contributed by atoms with van der Waals surface area (Å²) in [6, 6.07) is 0. The number of ketones is 1. The van der Waals surface area contributed by atoms with E-state index >= 15 is 0 Å². The molecule has 0 atom stereocenters. The van der Waals surface area contributed by atoms with Crippen molar-refractivity contribution in [1.82, 2.24) is 0 Å². The van der Waals surface area contributed by atoms with Gasteiger partial charge in [-0.15, -0.1) is 0 Å². The molecule has 0 bridgehead atoms. The Morgan fingerprint density at radius 1 is 0.850 bits per heavy atom. The van der Waals surface area contributed by atoms with E-state index in [-0.39, 0.29) is 5.41 Å². The first-order valence-corrected chi connectivity index (χ1v) is 8.13. The van der Waals surface area contributed by atoms with Crippen LogP contribution in [0.25, 0.3) is 0 Å². The Labute approximate surface area is 125 Å². The van der Waals surface area contributed by atoms with Gasteiger partial charge in [-0.2, -0.15) is 0 Å². The van der Waals surface area contributed by atoms with Crippen molar-refractivity contribution in [2.75, 3.05) is 26.4 Å². The van der Waals surface area contributed by atoms with Crippen molar-refractivity contribution in [3.8, 4) is 0 Å². The predicted octanol–water partition coefficient (Wildman–Crippen LogP) is 4.39. The molecule has 0 amide bonds. The van der Waals surface area contributed by atoms with Crippen molar-refractivity contribution in [3.63, 3.8) is 0 Å². The molecule has 0 saturated heterocycles. The summed E-state index contributed by atoms with van der Waals surface area (Å²) in [5, 5.41) is 0. The van der Waals surface area contributed by atoms with Gasteiger partial charge in [-0.3, -0.25) is 4.79 Å². The topological polar surface area (TPSA) is 35.5 Å². The SMILES string of the molecule is CCCCCOCCOCCCCC(=O)CC(C)(C)C. The van der Waals surface area contributed by atoms with Crippen LogP contribution in [0.1, 0.15) is 72.6 Å². The van der Waals surface area contributed by atoms with Crippen molar-refractivity contribution in [3.05, 3.63) is 0 Å². The van der Waals surface area contributed by atoms with Gasteiger partial charge in [-0.05, 0) is 24.7 Å². The zero-order valence-electron chi connectivity index (χ0n) is 14.0. The molecule has 3 heteroatoms. The summed E-state index contributed by atoms with van der Waals surface area (Å²) in [7, 11) is 0. The van der Waals surface area contributed by atoms with Gasteiger partial charge in [0.15, 0.2) is 0 Å². The number of rotatable bonds is 13. The van der Waals surface area contributed by atoms with Gasteiger partial charge in [0, 0.05) is 26.1 Å². The summed E-state index contributed by atoms with van der Waals surface area (Å²) in [5.74, 6) is 0.372. The van der Waals surface area contributed by atoms with Crippen molar-refractivity contribution in [2.45, 2.75) is 72.6 Å². The summed E-state index contributed by atoms with van der Waals surface area (Å²) >= 11 is 0. The molecule has 0 fully saturated rings. The van der Waals surface area contributed by atoms with Crippen LogP contribution >= 0.6 is 0 Å². The average Bonchev–Trinajstić information content (AvgIpc) is 2.34. The van der Waals surface area contributed by atoms with Crippen LogP contribution < -0.4 is 0 Å². The first kappa shape index (κ1) is 19.6. The van der Waals surface area contributed by atoms with E-state index in [4.69, 9.17) is 9.47 Å². The van der Waals surface area contributed by atoms with Gasteiger partial charge < -0.3 is 9.47 Å². The maximum Gasteiger partial charge on any atom is 0.133 e. The molecule has 0 N–H and O–H groups in total. The number of ether oxygens (including phenoxy) is 2. The van der Waals surface area contributed by atoms with E-state index in [0.29, 0.717) is 31.8 Å². The van der Waals surface area contributed by atoms with E-state index in [2.05, 4.69) is 27.7 Å². The highest BCUT2D eigenvalue weighted by Crippen LogP contribution is 2.20. The lowest BCUT2D eigenvalue weighted by molar-refractivity contribution is -0.120. The lowest BCUT2D eigenvalue weighted by Gasteiger charge is -2.16. The minimum atomic E-state index is 0.114. The maximum absolute atomic E-state index is 11.7. The largest absolute Gasteiger partial charge is 0.379 e. The zero-order chi connectivity index (χ0) is 15.3. The van der Waals surface area contributed by atoms with Crippen molar-refractivity contribution < 1.29 is 14.3 Å². The second kappa shape index (κ2) is 12.3. The van der Waals surface area contributed by atoms with E-state index in [9.17, 15) is 4.79 Å². The van der Waals surface area contributed by atoms with Crippen LogP contribution in [-0.2, 0) is 14.3 Å². The molecule has 0 aromatic heterocycles. The van der Waals surface area contributed by atoms with E-state index in [1.807, 2.05) is 0 Å². The highest BCUT2D eigenvalue weighted by molar-refractivity contribution is 5.78. The molecular weight excluding hydrogens is 252 g/mol. The summed E-state index contributed by atoms with van der Waals surface area (Å²) in [6.07, 6.45) is 6.88. The summed E-state index contributed by atoms with van der Waals surface area (Å²) < 4.78 is 10.9. The molecule has 0 aliphatic heterocycles. The molecule has 0 radical (unpaired) electrons. The standard InChI is InChI=1S/C17H34O3/c1-5-6-8-11-19-13-14-20-12-9-7-10-16(18)15-17(2,3)4/h5-15H2,1-4H3.